The lowest BCUT2D eigenvalue weighted by atomic mass is 9.73. The SMILES string of the molecule is Cn1nc2c(c1-c1cn(C[C@@H]3CC[C@H]3C(F)(F)F)nn1)CCCC2. The fourth-order valence-corrected chi connectivity index (χ4v) is 3.96. The Hall–Kier alpha value is -1.86. The zero-order chi connectivity index (χ0) is 16.9. The van der Waals surface area contributed by atoms with E-state index in [0.29, 0.717) is 12.1 Å². The lowest BCUT2D eigenvalue weighted by molar-refractivity contribution is -0.214. The number of hydrogen-bond donors (Lipinski definition) is 0. The minimum Gasteiger partial charge on any atom is -0.266 e. The molecule has 0 N–H and O–H groups in total. The predicted molar refractivity (Wildman–Crippen MR) is 81.1 cm³/mol. The van der Waals surface area contributed by atoms with Gasteiger partial charge in [-0.25, -0.2) is 0 Å². The van der Waals surface area contributed by atoms with Crippen LogP contribution in [0.15, 0.2) is 6.20 Å². The van der Waals surface area contributed by atoms with Gasteiger partial charge < -0.3 is 0 Å². The monoisotopic (exact) mass is 339 g/mol. The van der Waals surface area contributed by atoms with Gasteiger partial charge in [0.1, 0.15) is 5.69 Å². The van der Waals surface area contributed by atoms with Crippen LogP contribution in [-0.2, 0) is 26.4 Å². The summed E-state index contributed by atoms with van der Waals surface area (Å²) in [5.41, 5.74) is 3.99. The molecule has 0 aromatic carbocycles. The highest BCUT2D eigenvalue weighted by atomic mass is 19.4. The van der Waals surface area contributed by atoms with Crippen molar-refractivity contribution in [2.75, 3.05) is 0 Å². The van der Waals surface area contributed by atoms with Gasteiger partial charge in [-0.1, -0.05) is 5.21 Å². The summed E-state index contributed by atoms with van der Waals surface area (Å²) in [6.07, 6.45) is 2.72. The number of aryl methyl sites for hydroxylation is 2. The summed E-state index contributed by atoms with van der Waals surface area (Å²) in [5.74, 6) is -1.59. The number of nitrogens with zero attached hydrogens (tertiary/aromatic N) is 5. The van der Waals surface area contributed by atoms with Crippen LogP contribution in [0.2, 0.25) is 0 Å². The lowest BCUT2D eigenvalue weighted by Crippen LogP contribution is -2.40. The summed E-state index contributed by atoms with van der Waals surface area (Å²) in [7, 11) is 1.89. The molecule has 2 aromatic heterocycles. The molecule has 130 valence electrons. The molecule has 0 radical (unpaired) electrons. The van der Waals surface area contributed by atoms with E-state index in [4.69, 9.17) is 0 Å². The molecular formula is C16H20F3N5. The first kappa shape index (κ1) is 15.7. The molecule has 0 spiro atoms. The van der Waals surface area contributed by atoms with Crippen molar-refractivity contribution in [3.8, 4) is 11.4 Å². The van der Waals surface area contributed by atoms with Crippen molar-refractivity contribution < 1.29 is 13.2 Å². The van der Waals surface area contributed by atoms with Crippen LogP contribution in [0.1, 0.15) is 36.9 Å². The van der Waals surface area contributed by atoms with Gasteiger partial charge in [-0.3, -0.25) is 9.36 Å². The second-order valence-electron chi connectivity index (χ2n) is 6.92. The van der Waals surface area contributed by atoms with E-state index >= 15 is 0 Å². The first-order valence-electron chi connectivity index (χ1n) is 8.45. The fraction of sp³-hybridized carbons (Fsp3) is 0.688. The second kappa shape index (κ2) is 5.60. The fourth-order valence-electron chi connectivity index (χ4n) is 3.96. The van der Waals surface area contributed by atoms with Crippen molar-refractivity contribution in [1.82, 2.24) is 24.8 Å². The van der Waals surface area contributed by atoms with Gasteiger partial charge in [-0.05, 0) is 44.4 Å². The summed E-state index contributed by atoms with van der Waals surface area (Å²) < 4.78 is 42.0. The van der Waals surface area contributed by atoms with E-state index in [1.807, 2.05) is 11.7 Å². The van der Waals surface area contributed by atoms with Gasteiger partial charge in [0.25, 0.3) is 0 Å². The van der Waals surface area contributed by atoms with E-state index in [1.54, 1.807) is 10.9 Å². The second-order valence-corrected chi connectivity index (χ2v) is 6.92. The third-order valence-electron chi connectivity index (χ3n) is 5.36. The minimum absolute atomic E-state index is 0.227. The third kappa shape index (κ3) is 2.61. The number of alkyl halides is 3. The van der Waals surface area contributed by atoms with Crippen LogP contribution < -0.4 is 0 Å². The molecule has 2 atom stereocenters. The summed E-state index contributed by atoms with van der Waals surface area (Å²) in [4.78, 5) is 0. The molecule has 0 bridgehead atoms. The van der Waals surface area contributed by atoms with Crippen LogP contribution in [-0.4, -0.2) is 31.0 Å². The number of hydrogen-bond acceptors (Lipinski definition) is 3. The molecule has 1 fully saturated rings. The molecule has 8 heteroatoms. The van der Waals surface area contributed by atoms with Crippen molar-refractivity contribution in [3.63, 3.8) is 0 Å². The molecule has 0 aliphatic heterocycles. The Morgan fingerprint density at radius 2 is 2.00 bits per heavy atom. The summed E-state index contributed by atoms with van der Waals surface area (Å²) in [5, 5.41) is 12.8. The van der Waals surface area contributed by atoms with E-state index in [9.17, 15) is 13.2 Å². The summed E-state index contributed by atoms with van der Waals surface area (Å²) >= 11 is 0. The largest absolute Gasteiger partial charge is 0.392 e. The van der Waals surface area contributed by atoms with E-state index < -0.39 is 12.1 Å². The molecule has 2 aromatic rings. The summed E-state index contributed by atoms with van der Waals surface area (Å²) in [6, 6.07) is 0. The first-order chi connectivity index (χ1) is 11.4. The normalized spacial score (nSPS) is 23.8. The van der Waals surface area contributed by atoms with Crippen molar-refractivity contribution >= 4 is 0 Å². The number of aromatic nitrogens is 5. The predicted octanol–water partition coefficient (Wildman–Crippen LogP) is 3.15. The van der Waals surface area contributed by atoms with Crippen molar-refractivity contribution in [2.45, 2.75) is 51.2 Å². The van der Waals surface area contributed by atoms with E-state index in [-0.39, 0.29) is 18.9 Å². The molecule has 0 amide bonds. The van der Waals surface area contributed by atoms with Crippen LogP contribution in [0.3, 0.4) is 0 Å². The van der Waals surface area contributed by atoms with Gasteiger partial charge in [-0.15, -0.1) is 5.10 Å². The van der Waals surface area contributed by atoms with Gasteiger partial charge in [0, 0.05) is 19.2 Å². The highest BCUT2D eigenvalue weighted by molar-refractivity contribution is 5.60. The lowest BCUT2D eigenvalue weighted by Gasteiger charge is -2.37. The molecule has 24 heavy (non-hydrogen) atoms. The van der Waals surface area contributed by atoms with Crippen LogP contribution in [0.4, 0.5) is 13.2 Å². The third-order valence-corrected chi connectivity index (χ3v) is 5.36. The molecule has 5 nitrogen and oxygen atoms in total. The highest BCUT2D eigenvalue weighted by Crippen LogP contribution is 2.46. The minimum atomic E-state index is -4.10. The molecule has 0 saturated heterocycles. The molecule has 0 unspecified atom stereocenters. The Kier molecular flexibility index (Phi) is 3.65. The van der Waals surface area contributed by atoms with Gasteiger partial charge in [0.05, 0.1) is 23.5 Å². The molecule has 4 rings (SSSR count). The smallest absolute Gasteiger partial charge is 0.266 e. The molecule has 2 aliphatic carbocycles. The summed E-state index contributed by atoms with van der Waals surface area (Å²) in [6.45, 7) is 0.275. The number of halogens is 3. The van der Waals surface area contributed by atoms with E-state index in [1.165, 1.54) is 5.56 Å². The van der Waals surface area contributed by atoms with Crippen LogP contribution in [0, 0.1) is 11.8 Å². The van der Waals surface area contributed by atoms with E-state index in [2.05, 4.69) is 15.4 Å². The van der Waals surface area contributed by atoms with Crippen LogP contribution in [0.5, 0.6) is 0 Å². The van der Waals surface area contributed by atoms with Crippen molar-refractivity contribution in [2.24, 2.45) is 18.9 Å². The zero-order valence-electron chi connectivity index (χ0n) is 13.6. The topological polar surface area (TPSA) is 48.5 Å². The Morgan fingerprint density at radius 1 is 1.21 bits per heavy atom. The van der Waals surface area contributed by atoms with Crippen molar-refractivity contribution in [1.29, 1.82) is 0 Å². The average Bonchev–Trinajstić information content (AvgIpc) is 3.04. The quantitative estimate of drug-likeness (QED) is 0.863. The highest BCUT2D eigenvalue weighted by Gasteiger charge is 2.49. The molecule has 1 saturated carbocycles. The molecule has 2 heterocycles. The standard InChI is InChI=1S/C16H20F3N5/c1-23-15(11-4-2-3-5-13(11)21-23)14-9-24(22-20-14)8-10-6-7-12(10)16(17,18)19/h9-10,12H,2-8H2,1H3/t10-,12+/m0/s1. The van der Waals surface area contributed by atoms with Crippen molar-refractivity contribution in [3.05, 3.63) is 17.5 Å². The van der Waals surface area contributed by atoms with Gasteiger partial charge >= 0.3 is 6.18 Å². The maximum atomic E-state index is 12.9. The first-order valence-corrected chi connectivity index (χ1v) is 8.45. The Bertz CT molecular complexity index is 745. The number of fused-ring (bicyclic) bond motifs is 1. The van der Waals surface area contributed by atoms with Crippen LogP contribution >= 0.6 is 0 Å². The Morgan fingerprint density at radius 3 is 2.71 bits per heavy atom. The van der Waals surface area contributed by atoms with Gasteiger partial charge in [-0.2, -0.15) is 18.3 Å². The average molecular weight is 339 g/mol. The number of rotatable bonds is 3. The molecule has 2 aliphatic rings. The maximum absolute atomic E-state index is 12.9. The Balaban J connectivity index is 1.55. The van der Waals surface area contributed by atoms with E-state index in [0.717, 1.165) is 37.1 Å². The van der Waals surface area contributed by atoms with Gasteiger partial charge in [0.2, 0.25) is 0 Å². The molecular weight excluding hydrogens is 319 g/mol. The zero-order valence-corrected chi connectivity index (χ0v) is 13.6. The van der Waals surface area contributed by atoms with Gasteiger partial charge in [0.15, 0.2) is 0 Å². The van der Waals surface area contributed by atoms with Crippen LogP contribution in [0.25, 0.3) is 11.4 Å². The maximum Gasteiger partial charge on any atom is 0.392 e. The Labute approximate surface area is 137 Å².